The van der Waals surface area contributed by atoms with Gasteiger partial charge in [0.2, 0.25) is 53.2 Å². The lowest BCUT2D eigenvalue weighted by atomic mass is 9.76. The zero-order valence-corrected chi connectivity index (χ0v) is 55.6. The van der Waals surface area contributed by atoms with Crippen molar-refractivity contribution >= 4 is 59.1 Å². The molecule has 32 heteroatoms. The average Bonchev–Trinajstić information content (AvgIpc) is 1.74. The number of aliphatic carboxylic acids is 1. The van der Waals surface area contributed by atoms with Gasteiger partial charge in [0.05, 0.1) is 30.8 Å². The number of aliphatic hydroxyl groups excluding tert-OH is 1. The summed E-state index contributed by atoms with van der Waals surface area (Å²) in [5.41, 5.74) is 12.8. The van der Waals surface area contributed by atoms with Gasteiger partial charge in [0.1, 0.15) is 54.6 Å². The molecule has 9 unspecified atom stereocenters. The number of hydrogen-bond acceptors (Lipinski definition) is 19. The van der Waals surface area contributed by atoms with E-state index < -0.39 is 151 Å². The summed E-state index contributed by atoms with van der Waals surface area (Å²) in [6.45, 7) is 5.42. The summed E-state index contributed by atoms with van der Waals surface area (Å²) in [5.74, 6) is -9.72. The number of aromatic nitrogens is 3. The Labute approximate surface area is 564 Å². The van der Waals surface area contributed by atoms with Crippen molar-refractivity contribution in [2.75, 3.05) is 45.9 Å². The van der Waals surface area contributed by atoms with Gasteiger partial charge < -0.3 is 90.4 Å². The second kappa shape index (κ2) is 35.7. The maximum absolute atomic E-state index is 15.2. The third kappa shape index (κ3) is 21.3. The van der Waals surface area contributed by atoms with Crippen molar-refractivity contribution in [2.45, 2.75) is 246 Å². The number of nitrogens with one attached hydrogen (secondary N) is 12. The highest BCUT2D eigenvalue weighted by Gasteiger charge is 2.47. The highest BCUT2D eigenvalue weighted by atomic mass is 19.1. The van der Waals surface area contributed by atoms with Gasteiger partial charge >= 0.3 is 5.97 Å². The Kier molecular flexibility index (Phi) is 27.3. The molecule has 9 amide bonds. The topological polar surface area (TPSA) is 442 Å². The smallest absolute Gasteiger partial charge is 0.305 e. The number of amides is 9. The van der Waals surface area contributed by atoms with Crippen LogP contribution in [0.5, 0.6) is 0 Å². The largest absolute Gasteiger partial charge is 0.481 e. The molecule has 8 aliphatic rings. The number of carbonyl (C=O) groups is 10. The Morgan fingerprint density at radius 2 is 1.23 bits per heavy atom. The standard InChI is InChI=1S/C65H104F2N18O12/c1-35(69)46-18-13-41-33-84(83-82-41)20-5-8-56(87)75-49(6-2-3-19-68)59(91)73-32-57(88)76-50(23-37-29-71-47-16-11-39(66)25-44(37)47)60(92)78-51(24-38-30-72-48-17-12-40(67)26-45(38)48)61(93)80-53(28-58(89)90)63(95)79-52(27-42-31-70-34-74-42)62(94)81-54(22-36-9-14-43(86)15-10-36)65(97)85-21-4-7-55(85)64(96)77-46/h33,36-40,42-55,70-72,74,86H,1-32,34,68-69H2,(H,73,91)(H,75,87)(H,76,88)(H,77,96)(H,78,92)(H,79,95)(H,80,93)(H,81,94)(H,89,90)/t36?,37?,38?,39?,40?,42?,43?,44?,45?,46-,47?,48?,49-,50-,51-,52-,53-,54-,55-/m0/s1. The van der Waals surface area contributed by atoms with E-state index in [2.05, 4.69) is 80.7 Å². The van der Waals surface area contributed by atoms with Crippen LogP contribution in [0.1, 0.15) is 153 Å². The van der Waals surface area contributed by atoms with Gasteiger partial charge in [-0.25, -0.2) is 8.78 Å². The third-order valence-electron chi connectivity index (χ3n) is 21.3. The lowest BCUT2D eigenvalue weighted by molar-refractivity contribution is -0.143. The van der Waals surface area contributed by atoms with Crippen LogP contribution in [-0.2, 0) is 60.9 Å². The van der Waals surface area contributed by atoms with E-state index in [9.17, 15) is 39.0 Å². The number of nitrogens with zero attached hydrogens (tertiary/aromatic N) is 4. The molecule has 5 aliphatic heterocycles. The molecule has 1 aromatic heterocycles. The molecule has 3 aliphatic carbocycles. The monoisotopic (exact) mass is 1370 g/mol. The maximum atomic E-state index is 15.2. The fourth-order valence-corrected chi connectivity index (χ4v) is 15.9. The van der Waals surface area contributed by atoms with Crippen LogP contribution in [0.25, 0.3) is 0 Å². The van der Waals surface area contributed by atoms with Crippen molar-refractivity contribution in [2.24, 2.45) is 41.1 Å². The highest BCUT2D eigenvalue weighted by Crippen LogP contribution is 2.40. The predicted molar refractivity (Wildman–Crippen MR) is 349 cm³/mol. The molecular formula is C65H104F2N18O12. The van der Waals surface area contributed by atoms with Crippen LogP contribution in [0, 0.1) is 29.6 Å². The van der Waals surface area contributed by atoms with Crippen LogP contribution >= 0.6 is 0 Å². The molecule has 9 rings (SSSR count). The van der Waals surface area contributed by atoms with E-state index in [0.717, 1.165) is 0 Å². The summed E-state index contributed by atoms with van der Waals surface area (Å²) < 4.78 is 31.9. The molecule has 4 saturated heterocycles. The van der Waals surface area contributed by atoms with Gasteiger partial charge in [0.25, 0.3) is 0 Å². The molecule has 18 N–H and O–H groups in total. The molecule has 0 spiro atoms. The molecule has 1 aromatic rings. The predicted octanol–water partition coefficient (Wildman–Crippen LogP) is -2.34. The van der Waals surface area contributed by atoms with Gasteiger partial charge in [0.15, 0.2) is 0 Å². The number of nitrogens with two attached hydrogens (primary N) is 2. The molecule has 7 fully saturated rings. The quantitative estimate of drug-likeness (QED) is 0.0819. The number of halogens is 2. The Balaban J connectivity index is 1.03. The van der Waals surface area contributed by atoms with Gasteiger partial charge in [-0.05, 0) is 190 Å². The van der Waals surface area contributed by atoms with Gasteiger partial charge in [-0.15, -0.1) is 5.10 Å². The van der Waals surface area contributed by atoms with E-state index in [1.54, 1.807) is 10.9 Å². The summed E-state index contributed by atoms with van der Waals surface area (Å²) in [6, 6.07) is -11.0. The SMILES string of the molecule is C=C(N)[C@@H]1CCc2cn(nn2)CCCC(=O)N[C@@H](CCCCN)C(=O)NCC(=O)N[C@@H](CC2CNC3CCC(F)CC23)C(=O)N[C@@H](CC2CNC3CCC(F)CC23)C(=O)N[C@@H](CC(=O)O)C(=O)N[C@@H](CC2CNCN2)C(=O)N[C@@H](CC2CCC(O)CC2)C(=O)N2CCC[C@H]2C(=O)N1. The average molecular weight is 1370 g/mol. The minimum atomic E-state index is -1.89. The van der Waals surface area contributed by atoms with Gasteiger partial charge in [-0.1, -0.05) is 11.8 Å². The Bertz CT molecular complexity index is 2920. The zero-order chi connectivity index (χ0) is 69.3. The molecule has 2 bridgehead atoms. The first-order chi connectivity index (χ1) is 46.6. The van der Waals surface area contributed by atoms with Crippen molar-refractivity contribution in [3.05, 3.63) is 24.2 Å². The van der Waals surface area contributed by atoms with Crippen LogP contribution < -0.4 is 75.3 Å². The number of carbonyl (C=O) groups excluding carboxylic acids is 9. The number of rotatable bonds is 15. The normalized spacial score (nSPS) is 35.4. The van der Waals surface area contributed by atoms with E-state index >= 15 is 28.0 Å². The highest BCUT2D eigenvalue weighted by molar-refractivity contribution is 5.99. The van der Waals surface area contributed by atoms with E-state index in [0.29, 0.717) is 122 Å². The van der Waals surface area contributed by atoms with E-state index in [1.165, 1.54) is 4.90 Å². The Morgan fingerprint density at radius 1 is 0.619 bits per heavy atom. The lowest BCUT2D eigenvalue weighted by Gasteiger charge is -2.34. The van der Waals surface area contributed by atoms with Crippen molar-refractivity contribution in [1.82, 2.24) is 83.7 Å². The molecule has 0 radical (unpaired) electrons. The van der Waals surface area contributed by atoms with Crippen molar-refractivity contribution in [3.8, 4) is 0 Å². The number of aliphatic hydroxyl groups is 1. The number of unbranched alkanes of at least 4 members (excludes halogenated alkanes) is 1. The number of aryl methyl sites for hydroxylation is 2. The second-order valence-corrected chi connectivity index (χ2v) is 28.4. The van der Waals surface area contributed by atoms with Crippen LogP contribution in [0.2, 0.25) is 0 Å². The maximum Gasteiger partial charge on any atom is 0.305 e. The zero-order valence-electron chi connectivity index (χ0n) is 55.6. The summed E-state index contributed by atoms with van der Waals surface area (Å²) in [4.78, 5) is 146. The van der Waals surface area contributed by atoms with Crippen LogP contribution in [-0.4, -0.2) is 220 Å². The molecule has 0 aromatic carbocycles. The van der Waals surface area contributed by atoms with Crippen molar-refractivity contribution in [3.63, 3.8) is 0 Å². The molecule has 540 valence electrons. The molecule has 30 nitrogen and oxygen atoms in total. The minimum absolute atomic E-state index is 0.0222. The third-order valence-corrected chi connectivity index (χ3v) is 21.3. The van der Waals surface area contributed by atoms with E-state index in [1.807, 2.05) is 0 Å². The molecule has 3 saturated carbocycles. The van der Waals surface area contributed by atoms with Gasteiger partial charge in [-0.2, -0.15) is 0 Å². The van der Waals surface area contributed by atoms with E-state index in [-0.39, 0.29) is 119 Å². The first-order valence-corrected chi connectivity index (χ1v) is 35.4. The molecular weight excluding hydrogens is 1260 g/mol. The lowest BCUT2D eigenvalue weighted by Crippen LogP contribution is -2.61. The first kappa shape index (κ1) is 74.2. The van der Waals surface area contributed by atoms with Gasteiger partial charge in [-0.3, -0.25) is 52.6 Å². The number of carboxylic acid groups (broad SMARTS) is 1. The number of hydrogen-bond donors (Lipinski definition) is 16. The fourth-order valence-electron chi connectivity index (χ4n) is 15.9. The molecule has 17 atom stereocenters. The summed E-state index contributed by atoms with van der Waals surface area (Å²) >= 11 is 0. The summed E-state index contributed by atoms with van der Waals surface area (Å²) in [7, 11) is 0. The minimum Gasteiger partial charge on any atom is -0.481 e. The number of fused-ring (bicyclic) bond motifs is 5. The Hall–Kier alpha value is -7.00. The van der Waals surface area contributed by atoms with Crippen LogP contribution in [0.3, 0.4) is 0 Å². The van der Waals surface area contributed by atoms with Crippen LogP contribution in [0.15, 0.2) is 18.5 Å². The van der Waals surface area contributed by atoms with Gasteiger partial charge in [0, 0.05) is 62.7 Å². The summed E-state index contributed by atoms with van der Waals surface area (Å²) in [5, 5.41) is 64.7. The van der Waals surface area contributed by atoms with Crippen LogP contribution in [0.4, 0.5) is 8.78 Å². The fraction of sp³-hybridized carbons (Fsp3) is 0.785. The Morgan fingerprint density at radius 3 is 1.85 bits per heavy atom. The summed E-state index contributed by atoms with van der Waals surface area (Å²) in [6.07, 6.45) is 4.59. The molecule has 97 heavy (non-hydrogen) atoms. The second-order valence-electron chi connectivity index (χ2n) is 28.4. The number of carboxylic acids is 1. The van der Waals surface area contributed by atoms with Crippen molar-refractivity contribution in [1.29, 1.82) is 0 Å². The van der Waals surface area contributed by atoms with E-state index in [4.69, 9.17) is 11.5 Å². The first-order valence-electron chi connectivity index (χ1n) is 35.4. The molecule has 6 heterocycles. The van der Waals surface area contributed by atoms with Crippen molar-refractivity contribution < 1.29 is 66.9 Å². The number of alkyl halides is 2.